The first-order valence-electron chi connectivity index (χ1n) is 26.3. The van der Waals surface area contributed by atoms with E-state index >= 15 is 0 Å². The first-order valence-corrected chi connectivity index (χ1v) is 26.3. The SMILES string of the molecule is CC.CCCCCCCCC(CC)OC(=O)CCCCCCCN(CCCCCCCC(=O)OC(CCCCCCCC)CCCCCCCC)CCCN=C(N)N=C(N)N. The number of nitrogens with two attached hydrogens (primary N) is 3. The molecule has 1 unspecified atom stereocenters. The maximum absolute atomic E-state index is 12.8. The monoisotopic (exact) mass is 865 g/mol. The Labute approximate surface area is 378 Å². The Balaban J connectivity index is 0. The number of rotatable bonds is 44. The summed E-state index contributed by atoms with van der Waals surface area (Å²) in [5.41, 5.74) is 16.7. The standard InChI is InChI=1S/C49H98N6O4.C2H6/c1-5-9-12-15-20-27-35-44(8-4)58-46(56)38-30-23-18-25-32-41-55(43-34-40-53-49(52)54-48(50)51)42-33-26-19-24-31-39-47(57)59-45(36-28-21-16-13-10-6-2)37-29-22-17-14-11-7-3;1-2/h44-45H,5-43H2,1-4H3,(H6,50,51,52,53,54);1-2H3. The Bertz CT molecular complexity index is 989. The molecule has 0 aliphatic carbocycles. The van der Waals surface area contributed by atoms with Gasteiger partial charge in [0.15, 0.2) is 5.96 Å². The molecule has 0 rings (SSSR count). The predicted molar refractivity (Wildman–Crippen MR) is 264 cm³/mol. The lowest BCUT2D eigenvalue weighted by atomic mass is 10.0. The van der Waals surface area contributed by atoms with Gasteiger partial charge in [0.05, 0.1) is 0 Å². The normalized spacial score (nSPS) is 12.0. The zero-order valence-electron chi connectivity index (χ0n) is 41.4. The second-order valence-corrected chi connectivity index (χ2v) is 17.3. The molecule has 0 radical (unpaired) electrons. The van der Waals surface area contributed by atoms with Crippen LogP contribution in [0.4, 0.5) is 0 Å². The zero-order chi connectivity index (χ0) is 45.4. The van der Waals surface area contributed by atoms with Crippen LogP contribution in [0.2, 0.25) is 0 Å². The van der Waals surface area contributed by atoms with Gasteiger partial charge in [-0.25, -0.2) is 0 Å². The third-order valence-electron chi connectivity index (χ3n) is 11.6. The van der Waals surface area contributed by atoms with E-state index in [0.29, 0.717) is 19.4 Å². The predicted octanol–water partition coefficient (Wildman–Crippen LogP) is 13.5. The molecule has 0 aromatic rings. The summed E-state index contributed by atoms with van der Waals surface area (Å²) in [7, 11) is 0. The van der Waals surface area contributed by atoms with Gasteiger partial charge in [-0.15, -0.1) is 0 Å². The molecule has 0 heterocycles. The van der Waals surface area contributed by atoms with Crippen LogP contribution in [0, 0.1) is 0 Å². The molecule has 362 valence electrons. The van der Waals surface area contributed by atoms with Crippen molar-refractivity contribution in [2.24, 2.45) is 27.2 Å². The van der Waals surface area contributed by atoms with Crippen LogP contribution in [-0.4, -0.2) is 67.1 Å². The summed E-state index contributed by atoms with van der Waals surface area (Å²) in [6.07, 6.45) is 39.8. The van der Waals surface area contributed by atoms with Crippen molar-refractivity contribution in [3.8, 4) is 0 Å². The van der Waals surface area contributed by atoms with Crippen LogP contribution in [-0.2, 0) is 19.1 Å². The molecule has 0 aliphatic heterocycles. The summed E-state index contributed by atoms with van der Waals surface area (Å²) >= 11 is 0. The number of carbonyl (C=O) groups excluding carboxylic acids is 2. The summed E-state index contributed by atoms with van der Waals surface area (Å²) in [6.45, 7) is 16.5. The molecule has 0 spiro atoms. The Morgan fingerprint density at radius 2 is 0.803 bits per heavy atom. The van der Waals surface area contributed by atoms with E-state index in [4.69, 9.17) is 26.7 Å². The quantitative estimate of drug-likeness (QED) is 0.0236. The molecule has 0 saturated heterocycles. The second-order valence-electron chi connectivity index (χ2n) is 17.3. The molecule has 0 fully saturated rings. The minimum atomic E-state index is -0.0773. The van der Waals surface area contributed by atoms with Gasteiger partial charge in [0.25, 0.3) is 0 Å². The van der Waals surface area contributed by atoms with Crippen molar-refractivity contribution in [2.75, 3.05) is 26.2 Å². The fraction of sp³-hybridized carbons (Fsp3) is 0.922. The molecule has 10 nitrogen and oxygen atoms in total. The van der Waals surface area contributed by atoms with Crippen LogP contribution in [0.1, 0.15) is 266 Å². The molecular weight excluding hydrogens is 761 g/mol. The summed E-state index contributed by atoms with van der Waals surface area (Å²) in [5, 5.41) is 0. The van der Waals surface area contributed by atoms with Gasteiger partial charge in [0.2, 0.25) is 5.96 Å². The van der Waals surface area contributed by atoms with Gasteiger partial charge >= 0.3 is 11.9 Å². The van der Waals surface area contributed by atoms with Gasteiger partial charge in [-0.1, -0.05) is 176 Å². The van der Waals surface area contributed by atoms with E-state index in [9.17, 15) is 9.59 Å². The van der Waals surface area contributed by atoms with Crippen LogP contribution in [0.3, 0.4) is 0 Å². The first kappa shape index (κ1) is 60.7. The molecule has 0 saturated carbocycles. The van der Waals surface area contributed by atoms with Crippen LogP contribution in [0.5, 0.6) is 0 Å². The maximum Gasteiger partial charge on any atom is 0.306 e. The average molecular weight is 865 g/mol. The third kappa shape index (κ3) is 45.5. The molecule has 10 heteroatoms. The molecule has 0 aliphatic rings. The smallest absolute Gasteiger partial charge is 0.306 e. The minimum Gasteiger partial charge on any atom is -0.462 e. The number of hydrogen-bond acceptors (Lipinski definition) is 6. The lowest BCUT2D eigenvalue weighted by Gasteiger charge is -2.22. The highest BCUT2D eigenvalue weighted by Gasteiger charge is 2.15. The number of aliphatic imine (C=N–C) groups is 2. The third-order valence-corrected chi connectivity index (χ3v) is 11.6. The average Bonchev–Trinajstić information content (AvgIpc) is 3.24. The topological polar surface area (TPSA) is 159 Å². The van der Waals surface area contributed by atoms with Gasteiger partial charge in [0.1, 0.15) is 12.2 Å². The molecule has 0 amide bonds. The molecule has 6 N–H and O–H groups in total. The molecule has 0 aromatic heterocycles. The van der Waals surface area contributed by atoms with Crippen molar-refractivity contribution in [3.63, 3.8) is 0 Å². The Morgan fingerprint density at radius 1 is 0.459 bits per heavy atom. The van der Waals surface area contributed by atoms with Crippen LogP contribution >= 0.6 is 0 Å². The van der Waals surface area contributed by atoms with Crippen molar-refractivity contribution in [1.82, 2.24) is 4.90 Å². The largest absolute Gasteiger partial charge is 0.462 e. The van der Waals surface area contributed by atoms with E-state index in [1.54, 1.807) is 0 Å². The number of hydrogen-bond donors (Lipinski definition) is 3. The number of esters is 2. The second kappa shape index (κ2) is 48.7. The number of ether oxygens (including phenoxy) is 2. The fourth-order valence-corrected chi connectivity index (χ4v) is 7.82. The van der Waals surface area contributed by atoms with Crippen LogP contribution < -0.4 is 17.2 Å². The highest BCUT2D eigenvalue weighted by molar-refractivity contribution is 5.92. The van der Waals surface area contributed by atoms with E-state index in [1.165, 1.54) is 109 Å². The fourth-order valence-electron chi connectivity index (χ4n) is 7.82. The van der Waals surface area contributed by atoms with E-state index in [-0.39, 0.29) is 36.1 Å². The minimum absolute atomic E-state index is 0.00476. The van der Waals surface area contributed by atoms with Crippen molar-refractivity contribution in [3.05, 3.63) is 0 Å². The Kier molecular flexibility index (Phi) is 48.5. The van der Waals surface area contributed by atoms with E-state index in [1.807, 2.05) is 13.8 Å². The van der Waals surface area contributed by atoms with Gasteiger partial charge in [0, 0.05) is 19.4 Å². The van der Waals surface area contributed by atoms with Gasteiger partial charge in [-0.2, -0.15) is 4.99 Å². The summed E-state index contributed by atoms with van der Waals surface area (Å²) < 4.78 is 11.9. The van der Waals surface area contributed by atoms with E-state index in [0.717, 1.165) is 122 Å². The first-order chi connectivity index (χ1) is 29.7. The van der Waals surface area contributed by atoms with Crippen LogP contribution in [0.15, 0.2) is 9.98 Å². The molecule has 0 bridgehead atoms. The number of carbonyl (C=O) groups is 2. The highest BCUT2D eigenvalue weighted by Crippen LogP contribution is 2.19. The van der Waals surface area contributed by atoms with Gasteiger partial charge in [-0.05, 0) is 96.7 Å². The summed E-state index contributed by atoms with van der Waals surface area (Å²) in [6, 6.07) is 0. The maximum atomic E-state index is 12.8. The van der Waals surface area contributed by atoms with Crippen molar-refractivity contribution >= 4 is 23.9 Å². The zero-order valence-corrected chi connectivity index (χ0v) is 41.4. The summed E-state index contributed by atoms with van der Waals surface area (Å²) in [5.74, 6) is 0.0263. The highest BCUT2D eigenvalue weighted by atomic mass is 16.5. The molecular formula is C51H104N6O4. The van der Waals surface area contributed by atoms with E-state index < -0.39 is 0 Å². The van der Waals surface area contributed by atoms with Crippen molar-refractivity contribution < 1.29 is 19.1 Å². The lowest BCUT2D eigenvalue weighted by molar-refractivity contribution is -0.150. The van der Waals surface area contributed by atoms with Crippen LogP contribution in [0.25, 0.3) is 0 Å². The van der Waals surface area contributed by atoms with Gasteiger partial charge < -0.3 is 31.6 Å². The Morgan fingerprint density at radius 3 is 1.21 bits per heavy atom. The Hall–Kier alpha value is -2.36. The van der Waals surface area contributed by atoms with Crippen molar-refractivity contribution in [1.29, 1.82) is 0 Å². The lowest BCUT2D eigenvalue weighted by Crippen LogP contribution is -2.28. The molecule has 1 atom stereocenters. The van der Waals surface area contributed by atoms with Gasteiger partial charge in [-0.3, -0.25) is 14.6 Å². The molecule has 61 heavy (non-hydrogen) atoms. The summed E-state index contributed by atoms with van der Waals surface area (Å²) in [4.78, 5) is 36.0. The number of nitrogens with zero attached hydrogens (tertiary/aromatic N) is 3. The van der Waals surface area contributed by atoms with Crippen molar-refractivity contribution in [2.45, 2.75) is 278 Å². The molecule has 0 aromatic carbocycles. The van der Waals surface area contributed by atoms with E-state index in [2.05, 4.69) is 42.6 Å². The number of guanidine groups is 2. The number of unbranched alkanes of at least 4 members (excludes halogenated alkanes) is 23.